The second kappa shape index (κ2) is 5.95. The predicted octanol–water partition coefficient (Wildman–Crippen LogP) is 4.22. The molecule has 20 heavy (non-hydrogen) atoms. The van der Waals surface area contributed by atoms with Crippen LogP contribution in [0.3, 0.4) is 0 Å². The summed E-state index contributed by atoms with van der Waals surface area (Å²) in [7, 11) is 0. The minimum atomic E-state index is 0.616. The van der Waals surface area contributed by atoms with Crippen molar-refractivity contribution in [3.05, 3.63) is 28.8 Å². The lowest BCUT2D eigenvalue weighted by Crippen LogP contribution is -2.40. The van der Waals surface area contributed by atoms with Crippen LogP contribution in [0.5, 0.6) is 0 Å². The van der Waals surface area contributed by atoms with Crippen molar-refractivity contribution < 1.29 is 0 Å². The van der Waals surface area contributed by atoms with Crippen molar-refractivity contribution in [1.29, 1.82) is 0 Å². The molecule has 2 fully saturated rings. The van der Waals surface area contributed by atoms with E-state index in [0.717, 1.165) is 30.1 Å². The summed E-state index contributed by atoms with van der Waals surface area (Å²) >= 11 is 6.46. The minimum Gasteiger partial charge on any atom is -0.369 e. The lowest BCUT2D eigenvalue weighted by atomic mass is 9.93. The van der Waals surface area contributed by atoms with Crippen molar-refractivity contribution in [2.45, 2.75) is 58.2 Å². The van der Waals surface area contributed by atoms with E-state index in [1.807, 2.05) is 0 Å². The lowest BCUT2D eigenvalue weighted by molar-refractivity contribution is 0.378. The molecule has 3 rings (SSSR count). The summed E-state index contributed by atoms with van der Waals surface area (Å²) in [5, 5.41) is 4.43. The third-order valence-electron chi connectivity index (χ3n) is 4.67. The average Bonchev–Trinajstić information content (AvgIpc) is 3.21. The third-order valence-corrected chi connectivity index (χ3v) is 5.02. The molecule has 0 radical (unpaired) electrons. The number of hydrogen-bond donors (Lipinski definition) is 1. The molecule has 0 amide bonds. The van der Waals surface area contributed by atoms with Crippen LogP contribution in [0.2, 0.25) is 5.02 Å². The van der Waals surface area contributed by atoms with Gasteiger partial charge in [0.2, 0.25) is 0 Å². The standard InChI is InChI=1S/C17H25ClN2/c1-12-7-8-20(13(2)9-12)16-6-3-14(17(18)10-16)11-19-15-4-5-15/h3,6,10,12-13,15,19H,4-5,7-9,11H2,1-2H3. The largest absolute Gasteiger partial charge is 0.369 e. The number of halogens is 1. The molecule has 1 aromatic rings. The molecule has 1 saturated carbocycles. The van der Waals surface area contributed by atoms with E-state index in [1.165, 1.54) is 36.9 Å². The van der Waals surface area contributed by atoms with Crippen LogP contribution in [0.15, 0.2) is 18.2 Å². The molecule has 0 aromatic heterocycles. The summed E-state index contributed by atoms with van der Waals surface area (Å²) < 4.78 is 0. The molecule has 3 heteroatoms. The van der Waals surface area contributed by atoms with Crippen molar-refractivity contribution in [1.82, 2.24) is 5.32 Å². The highest BCUT2D eigenvalue weighted by atomic mass is 35.5. The van der Waals surface area contributed by atoms with E-state index in [2.05, 4.69) is 42.3 Å². The number of piperidine rings is 1. The van der Waals surface area contributed by atoms with Crippen molar-refractivity contribution in [3.63, 3.8) is 0 Å². The van der Waals surface area contributed by atoms with E-state index in [-0.39, 0.29) is 0 Å². The topological polar surface area (TPSA) is 15.3 Å². The fraction of sp³-hybridized carbons (Fsp3) is 0.647. The van der Waals surface area contributed by atoms with Crippen LogP contribution in [-0.2, 0) is 6.54 Å². The summed E-state index contributed by atoms with van der Waals surface area (Å²) in [5.41, 5.74) is 2.50. The Bertz CT molecular complexity index is 470. The fourth-order valence-electron chi connectivity index (χ4n) is 3.19. The number of rotatable bonds is 4. The number of nitrogens with one attached hydrogen (secondary N) is 1. The van der Waals surface area contributed by atoms with Gasteiger partial charge in [-0.1, -0.05) is 24.6 Å². The van der Waals surface area contributed by atoms with Crippen LogP contribution in [0.4, 0.5) is 5.69 Å². The molecule has 2 unspecified atom stereocenters. The first kappa shape index (κ1) is 14.2. The minimum absolute atomic E-state index is 0.616. The molecule has 1 aliphatic carbocycles. The number of benzene rings is 1. The molecule has 2 atom stereocenters. The van der Waals surface area contributed by atoms with Crippen molar-refractivity contribution in [3.8, 4) is 0 Å². The first-order chi connectivity index (χ1) is 9.63. The molecular weight excluding hydrogens is 268 g/mol. The lowest BCUT2D eigenvalue weighted by Gasteiger charge is -2.38. The average molecular weight is 293 g/mol. The second-order valence-electron chi connectivity index (χ2n) is 6.60. The molecule has 2 aliphatic rings. The van der Waals surface area contributed by atoms with Crippen LogP contribution >= 0.6 is 11.6 Å². The van der Waals surface area contributed by atoms with Gasteiger partial charge in [-0.25, -0.2) is 0 Å². The highest BCUT2D eigenvalue weighted by molar-refractivity contribution is 6.31. The van der Waals surface area contributed by atoms with Gasteiger partial charge in [0.05, 0.1) is 0 Å². The fourth-order valence-corrected chi connectivity index (χ4v) is 3.43. The summed E-state index contributed by atoms with van der Waals surface area (Å²) in [6, 6.07) is 7.93. The van der Waals surface area contributed by atoms with Crippen LogP contribution in [0.25, 0.3) is 0 Å². The monoisotopic (exact) mass is 292 g/mol. The number of anilines is 1. The Balaban J connectivity index is 1.68. The highest BCUT2D eigenvalue weighted by Gasteiger charge is 2.24. The van der Waals surface area contributed by atoms with Crippen LogP contribution in [0, 0.1) is 5.92 Å². The Morgan fingerprint density at radius 3 is 2.70 bits per heavy atom. The van der Waals surface area contributed by atoms with Gasteiger partial charge < -0.3 is 10.2 Å². The molecule has 1 aromatic carbocycles. The normalized spacial score (nSPS) is 26.9. The molecule has 0 spiro atoms. The maximum Gasteiger partial charge on any atom is 0.0471 e. The van der Waals surface area contributed by atoms with Crippen LogP contribution < -0.4 is 10.2 Å². The summed E-state index contributed by atoms with van der Waals surface area (Å²) in [5.74, 6) is 0.846. The molecule has 0 bridgehead atoms. The van der Waals surface area contributed by atoms with Crippen LogP contribution in [-0.4, -0.2) is 18.6 Å². The van der Waals surface area contributed by atoms with Gasteiger partial charge in [0.15, 0.2) is 0 Å². The molecule has 1 N–H and O–H groups in total. The first-order valence-corrected chi connectivity index (χ1v) is 8.29. The zero-order valence-electron chi connectivity index (χ0n) is 12.5. The van der Waals surface area contributed by atoms with E-state index in [0.29, 0.717) is 6.04 Å². The Hall–Kier alpha value is -0.730. The maximum absolute atomic E-state index is 6.46. The van der Waals surface area contributed by atoms with Gasteiger partial charge in [0.1, 0.15) is 0 Å². The highest BCUT2D eigenvalue weighted by Crippen LogP contribution is 2.31. The van der Waals surface area contributed by atoms with Crippen molar-refractivity contribution in [2.24, 2.45) is 5.92 Å². The van der Waals surface area contributed by atoms with E-state index >= 15 is 0 Å². The number of nitrogens with zero attached hydrogens (tertiary/aromatic N) is 1. The zero-order chi connectivity index (χ0) is 14.1. The summed E-state index contributed by atoms with van der Waals surface area (Å²) in [4.78, 5) is 2.50. The Labute approximate surface area is 127 Å². The first-order valence-electron chi connectivity index (χ1n) is 7.92. The Morgan fingerprint density at radius 1 is 1.25 bits per heavy atom. The van der Waals surface area contributed by atoms with Gasteiger partial charge in [-0.3, -0.25) is 0 Å². The third kappa shape index (κ3) is 3.29. The van der Waals surface area contributed by atoms with E-state index in [9.17, 15) is 0 Å². The summed E-state index contributed by atoms with van der Waals surface area (Å²) in [6.45, 7) is 6.73. The maximum atomic E-state index is 6.46. The Morgan fingerprint density at radius 2 is 2.05 bits per heavy atom. The van der Waals surface area contributed by atoms with E-state index < -0.39 is 0 Å². The molecular formula is C17H25ClN2. The van der Waals surface area contributed by atoms with Crippen LogP contribution in [0.1, 0.15) is 45.1 Å². The predicted molar refractivity (Wildman–Crippen MR) is 86.5 cm³/mol. The second-order valence-corrected chi connectivity index (χ2v) is 7.01. The SMILES string of the molecule is CC1CCN(c2ccc(CNC3CC3)c(Cl)c2)C(C)C1. The Kier molecular flexibility index (Phi) is 4.23. The number of hydrogen-bond acceptors (Lipinski definition) is 2. The van der Waals surface area contributed by atoms with Gasteiger partial charge in [0, 0.05) is 35.9 Å². The molecule has 2 nitrogen and oxygen atoms in total. The quantitative estimate of drug-likeness (QED) is 0.894. The van der Waals surface area contributed by atoms with Gasteiger partial charge in [-0.2, -0.15) is 0 Å². The molecule has 110 valence electrons. The zero-order valence-corrected chi connectivity index (χ0v) is 13.3. The summed E-state index contributed by atoms with van der Waals surface area (Å²) in [6.07, 6.45) is 5.20. The van der Waals surface area contributed by atoms with Crippen molar-refractivity contribution >= 4 is 17.3 Å². The van der Waals surface area contributed by atoms with E-state index in [4.69, 9.17) is 11.6 Å². The van der Waals surface area contributed by atoms with Crippen molar-refractivity contribution in [2.75, 3.05) is 11.4 Å². The van der Waals surface area contributed by atoms with Gasteiger partial charge >= 0.3 is 0 Å². The van der Waals surface area contributed by atoms with Gasteiger partial charge in [-0.15, -0.1) is 0 Å². The molecule has 1 saturated heterocycles. The van der Waals surface area contributed by atoms with Gasteiger partial charge in [-0.05, 0) is 56.2 Å². The molecule has 1 heterocycles. The smallest absolute Gasteiger partial charge is 0.0471 e. The van der Waals surface area contributed by atoms with E-state index in [1.54, 1.807) is 0 Å². The van der Waals surface area contributed by atoms with Gasteiger partial charge in [0.25, 0.3) is 0 Å². The molecule has 1 aliphatic heterocycles.